The molecule has 3 nitrogen and oxygen atoms in total. The molecule has 0 aromatic heterocycles. The minimum Gasteiger partial charge on any atom is -0.350 e. The molecule has 2 atom stereocenters. The van der Waals surface area contributed by atoms with Crippen molar-refractivity contribution in [3.05, 3.63) is 120 Å². The van der Waals surface area contributed by atoms with E-state index in [-0.39, 0.29) is 29.0 Å². The summed E-state index contributed by atoms with van der Waals surface area (Å²) in [5.41, 5.74) is 2.34. The standard InChI is InChI=1S/C31H34FNO2/c1-3-21-31(27-14-8-5-9-15-27,23-30(35)33-24(2)25-12-6-4-7-13-25)22-11-10-16-29(34)26-17-19-28(32)20-18-26/h4-10,12-20,24H,3,11,21-23H2,1-2H3,(H,33,35)/b16-10-. The van der Waals surface area contributed by atoms with Crippen LogP contribution in [0.1, 0.15) is 73.5 Å². The van der Waals surface area contributed by atoms with E-state index in [9.17, 15) is 14.0 Å². The highest BCUT2D eigenvalue weighted by atomic mass is 19.1. The second-order valence-corrected chi connectivity index (χ2v) is 9.09. The normalized spacial score (nSPS) is 13.8. The highest BCUT2D eigenvalue weighted by molar-refractivity contribution is 6.04. The number of benzene rings is 3. The van der Waals surface area contributed by atoms with Gasteiger partial charge in [0.25, 0.3) is 0 Å². The number of carbonyl (C=O) groups excluding carboxylic acids is 2. The van der Waals surface area contributed by atoms with E-state index in [0.29, 0.717) is 18.4 Å². The first kappa shape index (κ1) is 26.1. The Morgan fingerprint density at radius 3 is 2.17 bits per heavy atom. The van der Waals surface area contributed by atoms with Crippen LogP contribution in [0.4, 0.5) is 4.39 Å². The number of hydrogen-bond donors (Lipinski definition) is 1. The Bertz CT molecular complexity index is 1110. The molecule has 0 saturated heterocycles. The zero-order valence-electron chi connectivity index (χ0n) is 20.5. The summed E-state index contributed by atoms with van der Waals surface area (Å²) in [4.78, 5) is 25.7. The highest BCUT2D eigenvalue weighted by Crippen LogP contribution is 2.38. The first-order valence-corrected chi connectivity index (χ1v) is 12.3. The van der Waals surface area contributed by atoms with Gasteiger partial charge < -0.3 is 5.32 Å². The molecule has 0 bridgehead atoms. The molecule has 0 fully saturated rings. The predicted octanol–water partition coefficient (Wildman–Crippen LogP) is 7.35. The minimum absolute atomic E-state index is 0.0185. The third kappa shape index (κ3) is 7.48. The van der Waals surface area contributed by atoms with Crippen LogP contribution in [0.3, 0.4) is 0 Å². The van der Waals surface area contributed by atoms with Gasteiger partial charge in [-0.1, -0.05) is 80.1 Å². The molecule has 1 N–H and O–H groups in total. The van der Waals surface area contributed by atoms with Crippen molar-refractivity contribution < 1.29 is 14.0 Å². The molecule has 0 saturated carbocycles. The van der Waals surface area contributed by atoms with Gasteiger partial charge in [-0.2, -0.15) is 0 Å². The number of hydrogen-bond acceptors (Lipinski definition) is 2. The number of halogens is 1. The topological polar surface area (TPSA) is 46.2 Å². The molecule has 3 aromatic carbocycles. The molecule has 4 heteroatoms. The Labute approximate surface area is 208 Å². The maximum atomic E-state index is 13.2. The molecule has 0 spiro atoms. The number of carbonyl (C=O) groups is 2. The number of ketones is 1. The molecular formula is C31H34FNO2. The van der Waals surface area contributed by atoms with E-state index in [1.165, 1.54) is 24.3 Å². The molecule has 0 aliphatic carbocycles. The summed E-state index contributed by atoms with van der Waals surface area (Å²) >= 11 is 0. The van der Waals surface area contributed by atoms with Crippen molar-refractivity contribution in [1.29, 1.82) is 0 Å². The van der Waals surface area contributed by atoms with Crippen LogP contribution in [0.15, 0.2) is 97.1 Å². The van der Waals surface area contributed by atoms with Gasteiger partial charge in [-0.25, -0.2) is 4.39 Å². The first-order chi connectivity index (χ1) is 16.9. The summed E-state index contributed by atoms with van der Waals surface area (Å²) in [6.07, 6.45) is 6.99. The Hall–Kier alpha value is -3.53. The summed E-state index contributed by atoms with van der Waals surface area (Å²) in [7, 11) is 0. The van der Waals surface area contributed by atoms with Crippen molar-refractivity contribution in [1.82, 2.24) is 5.32 Å². The van der Waals surface area contributed by atoms with Crippen molar-refractivity contribution in [2.45, 2.75) is 57.4 Å². The lowest BCUT2D eigenvalue weighted by atomic mass is 9.70. The Morgan fingerprint density at radius 1 is 0.914 bits per heavy atom. The Kier molecular flexibility index (Phi) is 9.54. The second kappa shape index (κ2) is 12.8. The van der Waals surface area contributed by atoms with Crippen LogP contribution in [0.25, 0.3) is 0 Å². The third-order valence-corrected chi connectivity index (χ3v) is 6.48. The van der Waals surface area contributed by atoms with E-state index >= 15 is 0 Å². The smallest absolute Gasteiger partial charge is 0.221 e. The fraction of sp³-hybridized carbons (Fsp3) is 0.290. The molecular weight excluding hydrogens is 437 g/mol. The number of amides is 1. The number of rotatable bonds is 12. The Morgan fingerprint density at radius 2 is 1.54 bits per heavy atom. The van der Waals surface area contributed by atoms with Crippen molar-refractivity contribution in [3.8, 4) is 0 Å². The van der Waals surface area contributed by atoms with E-state index < -0.39 is 0 Å². The summed E-state index contributed by atoms with van der Waals surface area (Å²) in [6, 6.07) is 25.6. The largest absolute Gasteiger partial charge is 0.350 e. The summed E-state index contributed by atoms with van der Waals surface area (Å²) in [6.45, 7) is 4.14. The predicted molar refractivity (Wildman–Crippen MR) is 140 cm³/mol. The van der Waals surface area contributed by atoms with Gasteiger partial charge in [-0.15, -0.1) is 0 Å². The number of nitrogens with one attached hydrogen (secondary N) is 1. The molecule has 3 aromatic rings. The van der Waals surface area contributed by atoms with E-state index in [1.807, 2.05) is 61.5 Å². The van der Waals surface area contributed by atoms with Crippen LogP contribution < -0.4 is 5.32 Å². The van der Waals surface area contributed by atoms with Gasteiger partial charge in [0.05, 0.1) is 6.04 Å². The zero-order chi connectivity index (χ0) is 25.1. The lowest BCUT2D eigenvalue weighted by Crippen LogP contribution is -2.36. The van der Waals surface area contributed by atoms with E-state index in [4.69, 9.17) is 0 Å². The Balaban J connectivity index is 1.74. The van der Waals surface area contributed by atoms with Crippen LogP contribution in [-0.2, 0) is 10.2 Å². The van der Waals surface area contributed by atoms with Crippen LogP contribution >= 0.6 is 0 Å². The second-order valence-electron chi connectivity index (χ2n) is 9.09. The van der Waals surface area contributed by atoms with E-state index in [0.717, 1.165) is 30.4 Å². The third-order valence-electron chi connectivity index (χ3n) is 6.48. The quantitative estimate of drug-likeness (QED) is 0.222. The molecule has 0 aliphatic rings. The lowest BCUT2D eigenvalue weighted by Gasteiger charge is -2.34. The molecule has 0 aliphatic heterocycles. The molecule has 1 amide bonds. The molecule has 0 radical (unpaired) electrons. The first-order valence-electron chi connectivity index (χ1n) is 12.3. The molecule has 3 rings (SSSR count). The van der Waals surface area contributed by atoms with Gasteiger partial charge >= 0.3 is 0 Å². The maximum Gasteiger partial charge on any atom is 0.221 e. The maximum absolute atomic E-state index is 13.2. The summed E-state index contributed by atoms with van der Waals surface area (Å²) in [5, 5.41) is 3.17. The van der Waals surface area contributed by atoms with Gasteiger partial charge in [0.2, 0.25) is 5.91 Å². The highest BCUT2D eigenvalue weighted by Gasteiger charge is 2.33. The fourth-order valence-corrected chi connectivity index (χ4v) is 4.65. The lowest BCUT2D eigenvalue weighted by molar-refractivity contribution is -0.123. The number of allylic oxidation sites excluding steroid dienone is 2. The van der Waals surface area contributed by atoms with Gasteiger partial charge in [0.15, 0.2) is 5.78 Å². The van der Waals surface area contributed by atoms with Crippen molar-refractivity contribution >= 4 is 11.7 Å². The zero-order valence-corrected chi connectivity index (χ0v) is 20.5. The molecule has 0 heterocycles. The molecule has 2 unspecified atom stereocenters. The van der Waals surface area contributed by atoms with E-state index in [1.54, 1.807) is 6.08 Å². The van der Waals surface area contributed by atoms with Crippen LogP contribution in [0.5, 0.6) is 0 Å². The fourth-order valence-electron chi connectivity index (χ4n) is 4.65. The van der Waals surface area contributed by atoms with Crippen LogP contribution in [0.2, 0.25) is 0 Å². The summed E-state index contributed by atoms with van der Waals surface area (Å²) < 4.78 is 13.1. The van der Waals surface area contributed by atoms with Crippen LogP contribution in [-0.4, -0.2) is 11.7 Å². The monoisotopic (exact) mass is 471 g/mol. The van der Waals surface area contributed by atoms with Gasteiger partial charge in [0.1, 0.15) is 5.82 Å². The van der Waals surface area contributed by atoms with Crippen molar-refractivity contribution in [2.75, 3.05) is 0 Å². The molecule has 182 valence electrons. The van der Waals surface area contributed by atoms with Gasteiger partial charge in [0, 0.05) is 17.4 Å². The van der Waals surface area contributed by atoms with E-state index in [2.05, 4.69) is 24.4 Å². The van der Waals surface area contributed by atoms with Crippen LogP contribution in [0, 0.1) is 5.82 Å². The van der Waals surface area contributed by atoms with Crippen molar-refractivity contribution in [2.24, 2.45) is 0 Å². The SMILES string of the molecule is CCCC(CC/C=C\C(=O)c1ccc(F)cc1)(CC(=O)NC(C)c1ccccc1)c1ccccc1. The molecule has 35 heavy (non-hydrogen) atoms. The summed E-state index contributed by atoms with van der Waals surface area (Å²) in [5.74, 6) is -0.497. The van der Waals surface area contributed by atoms with Gasteiger partial charge in [-0.05, 0) is 67.7 Å². The average Bonchev–Trinajstić information content (AvgIpc) is 2.88. The van der Waals surface area contributed by atoms with Gasteiger partial charge in [-0.3, -0.25) is 9.59 Å². The minimum atomic E-state index is -0.363. The average molecular weight is 472 g/mol. The van der Waals surface area contributed by atoms with Crippen molar-refractivity contribution in [3.63, 3.8) is 0 Å².